The van der Waals surface area contributed by atoms with Crippen LogP contribution >= 0.6 is 0 Å². The molecule has 1 aliphatic heterocycles. The molecule has 2 N–H and O–H groups in total. The minimum Gasteiger partial charge on any atom is -0.478 e. The molecule has 0 spiro atoms. The van der Waals surface area contributed by atoms with Crippen LogP contribution in [0.3, 0.4) is 0 Å². The summed E-state index contributed by atoms with van der Waals surface area (Å²) in [5, 5.41) is 2.02. The Morgan fingerprint density at radius 2 is 2.56 bits per heavy atom. The Kier molecular flexibility index (Phi) is 2.49. The van der Waals surface area contributed by atoms with Gasteiger partial charge < -0.3 is 5.32 Å². The van der Waals surface area contributed by atoms with E-state index in [1.165, 1.54) is 19.4 Å². The second-order valence-electron chi connectivity index (χ2n) is 2.80. The SMILES string of the molecule is [CH2-][NH2+]CC1CCCN1C. The molecule has 0 radical (unpaired) electrons. The summed E-state index contributed by atoms with van der Waals surface area (Å²) in [6, 6.07) is 0.794. The highest BCUT2D eigenvalue weighted by Crippen LogP contribution is 2.11. The summed E-state index contributed by atoms with van der Waals surface area (Å²) < 4.78 is 0. The molecule has 0 aliphatic carbocycles. The van der Waals surface area contributed by atoms with Gasteiger partial charge in [0.2, 0.25) is 0 Å². The number of nitrogens with two attached hydrogens (primary N) is 1. The van der Waals surface area contributed by atoms with E-state index in [-0.39, 0.29) is 0 Å². The lowest BCUT2D eigenvalue weighted by atomic mass is 10.2. The zero-order valence-electron chi connectivity index (χ0n) is 6.14. The average Bonchev–Trinajstić information content (AvgIpc) is 2.18. The number of quaternary nitrogens is 1. The highest BCUT2D eigenvalue weighted by molar-refractivity contribution is 4.74. The number of hydrogen-bond donors (Lipinski definition) is 1. The van der Waals surface area contributed by atoms with E-state index in [1.807, 2.05) is 5.32 Å². The van der Waals surface area contributed by atoms with Crippen molar-refractivity contribution in [1.29, 1.82) is 0 Å². The van der Waals surface area contributed by atoms with Crippen molar-refractivity contribution in [1.82, 2.24) is 4.90 Å². The summed E-state index contributed by atoms with van der Waals surface area (Å²) in [5.41, 5.74) is 0. The van der Waals surface area contributed by atoms with Crippen LogP contribution in [0.1, 0.15) is 12.8 Å². The van der Waals surface area contributed by atoms with Crippen LogP contribution in [-0.2, 0) is 0 Å². The second-order valence-corrected chi connectivity index (χ2v) is 2.80. The Hall–Kier alpha value is -0.0800. The van der Waals surface area contributed by atoms with Gasteiger partial charge in [-0.15, -0.1) is 0 Å². The van der Waals surface area contributed by atoms with Gasteiger partial charge in [-0.25, -0.2) is 0 Å². The molecule has 0 bridgehead atoms. The summed E-state index contributed by atoms with van der Waals surface area (Å²) in [4.78, 5) is 2.42. The molecule has 1 saturated heterocycles. The van der Waals surface area contributed by atoms with Crippen molar-refractivity contribution in [3.63, 3.8) is 0 Å². The molecule has 2 nitrogen and oxygen atoms in total. The van der Waals surface area contributed by atoms with Gasteiger partial charge in [-0.05, 0) is 26.4 Å². The van der Waals surface area contributed by atoms with E-state index in [0.717, 1.165) is 12.6 Å². The largest absolute Gasteiger partial charge is 0.478 e. The first-order chi connectivity index (χ1) is 4.34. The lowest BCUT2D eigenvalue weighted by Gasteiger charge is -2.17. The fourth-order valence-corrected chi connectivity index (χ4v) is 1.47. The van der Waals surface area contributed by atoms with Crippen LogP contribution in [0.2, 0.25) is 0 Å². The van der Waals surface area contributed by atoms with E-state index in [0.29, 0.717) is 0 Å². The monoisotopic (exact) mass is 128 g/mol. The summed E-state index contributed by atoms with van der Waals surface area (Å²) in [7, 11) is 5.93. The highest BCUT2D eigenvalue weighted by Gasteiger charge is 2.20. The summed E-state index contributed by atoms with van der Waals surface area (Å²) in [6.45, 7) is 2.44. The van der Waals surface area contributed by atoms with E-state index in [2.05, 4.69) is 19.0 Å². The van der Waals surface area contributed by atoms with Crippen LogP contribution in [0.5, 0.6) is 0 Å². The molecule has 0 amide bonds. The normalized spacial score (nSPS) is 29.3. The number of hydrogen-bond acceptors (Lipinski definition) is 1. The van der Waals surface area contributed by atoms with Crippen molar-refractivity contribution in [3.05, 3.63) is 7.05 Å². The maximum atomic E-state index is 3.73. The molecule has 0 aromatic rings. The average molecular weight is 128 g/mol. The Morgan fingerprint density at radius 1 is 1.78 bits per heavy atom. The third kappa shape index (κ3) is 1.66. The Balaban J connectivity index is 2.22. The quantitative estimate of drug-likeness (QED) is 0.494. The first-order valence-corrected chi connectivity index (χ1v) is 3.65. The summed E-state index contributed by atoms with van der Waals surface area (Å²) in [5.74, 6) is 0. The van der Waals surface area contributed by atoms with Gasteiger partial charge in [-0.2, -0.15) is 7.05 Å². The maximum Gasteiger partial charge on any atom is 0.0673 e. The molecule has 1 heterocycles. The first-order valence-electron chi connectivity index (χ1n) is 3.65. The number of likely N-dealkylation sites (tertiary alicyclic amines) is 1. The third-order valence-corrected chi connectivity index (χ3v) is 2.11. The molecular formula is C7H16N2. The molecular weight excluding hydrogens is 112 g/mol. The molecule has 54 valence electrons. The molecule has 1 fully saturated rings. The number of likely N-dealkylation sites (N-methyl/N-ethyl adjacent to an activating group) is 1. The Labute approximate surface area is 57.2 Å². The van der Waals surface area contributed by atoms with Crippen LogP contribution in [0.4, 0.5) is 0 Å². The topological polar surface area (TPSA) is 19.9 Å². The molecule has 2 heteroatoms. The van der Waals surface area contributed by atoms with Gasteiger partial charge in [0.1, 0.15) is 0 Å². The molecule has 0 aromatic carbocycles. The van der Waals surface area contributed by atoms with Crippen molar-refractivity contribution in [2.24, 2.45) is 0 Å². The van der Waals surface area contributed by atoms with Gasteiger partial charge in [-0.3, -0.25) is 4.90 Å². The fourth-order valence-electron chi connectivity index (χ4n) is 1.47. The van der Waals surface area contributed by atoms with Crippen molar-refractivity contribution in [3.8, 4) is 0 Å². The van der Waals surface area contributed by atoms with E-state index >= 15 is 0 Å². The predicted molar refractivity (Wildman–Crippen MR) is 37.8 cm³/mol. The smallest absolute Gasteiger partial charge is 0.0673 e. The number of nitrogens with zero attached hydrogens (tertiary/aromatic N) is 1. The molecule has 1 atom stereocenters. The third-order valence-electron chi connectivity index (χ3n) is 2.11. The minimum atomic E-state index is 0.794. The van der Waals surface area contributed by atoms with Gasteiger partial charge in [0.25, 0.3) is 0 Å². The summed E-state index contributed by atoms with van der Waals surface area (Å²) >= 11 is 0. The number of rotatable bonds is 2. The van der Waals surface area contributed by atoms with Crippen molar-refractivity contribution >= 4 is 0 Å². The predicted octanol–water partition coefficient (Wildman–Crippen LogP) is -0.564. The minimum absolute atomic E-state index is 0.794. The van der Waals surface area contributed by atoms with Crippen LogP contribution < -0.4 is 5.32 Å². The molecule has 0 aromatic heterocycles. The molecule has 9 heavy (non-hydrogen) atoms. The maximum absolute atomic E-state index is 3.73. The van der Waals surface area contributed by atoms with Crippen LogP contribution in [0.15, 0.2) is 0 Å². The molecule has 0 saturated carbocycles. The highest BCUT2D eigenvalue weighted by atomic mass is 15.2. The Morgan fingerprint density at radius 3 is 3.00 bits per heavy atom. The lowest BCUT2D eigenvalue weighted by Crippen LogP contribution is -2.80. The molecule has 1 rings (SSSR count). The Bertz CT molecular complexity index is 83.0. The van der Waals surface area contributed by atoms with Crippen molar-refractivity contribution < 1.29 is 5.32 Å². The first kappa shape index (κ1) is 7.03. The van der Waals surface area contributed by atoms with E-state index in [1.54, 1.807) is 0 Å². The summed E-state index contributed by atoms with van der Waals surface area (Å²) in [6.07, 6.45) is 2.73. The molecule has 1 aliphatic rings. The lowest BCUT2D eigenvalue weighted by molar-refractivity contribution is -0.599. The van der Waals surface area contributed by atoms with Crippen molar-refractivity contribution in [2.75, 3.05) is 20.1 Å². The van der Waals surface area contributed by atoms with Crippen LogP contribution in [-0.4, -0.2) is 31.1 Å². The van der Waals surface area contributed by atoms with E-state index in [4.69, 9.17) is 0 Å². The molecule has 1 unspecified atom stereocenters. The van der Waals surface area contributed by atoms with Gasteiger partial charge >= 0.3 is 0 Å². The van der Waals surface area contributed by atoms with Gasteiger partial charge in [0, 0.05) is 0 Å². The second kappa shape index (κ2) is 3.18. The van der Waals surface area contributed by atoms with Gasteiger partial charge in [-0.1, -0.05) is 0 Å². The standard InChI is InChI=1S/C7H16N2/c1-8-6-7-4-3-5-9(7)2/h7H,1,3-6,8H2,2H3. The van der Waals surface area contributed by atoms with Gasteiger partial charge in [0.05, 0.1) is 12.6 Å². The van der Waals surface area contributed by atoms with E-state index in [9.17, 15) is 0 Å². The van der Waals surface area contributed by atoms with Crippen molar-refractivity contribution in [2.45, 2.75) is 18.9 Å². The van der Waals surface area contributed by atoms with E-state index < -0.39 is 0 Å². The zero-order valence-corrected chi connectivity index (χ0v) is 6.14. The van der Waals surface area contributed by atoms with Crippen LogP contribution in [0.25, 0.3) is 0 Å². The fraction of sp³-hybridized carbons (Fsp3) is 0.857. The van der Waals surface area contributed by atoms with Gasteiger partial charge in [0.15, 0.2) is 0 Å². The van der Waals surface area contributed by atoms with Crippen LogP contribution in [0, 0.1) is 7.05 Å². The zero-order chi connectivity index (χ0) is 6.69.